The van der Waals surface area contributed by atoms with Crippen LogP contribution in [0.3, 0.4) is 0 Å². The van der Waals surface area contributed by atoms with Gasteiger partial charge in [0.2, 0.25) is 0 Å². The largest absolute Gasteiger partial charge is 0.387 e. The van der Waals surface area contributed by atoms with E-state index in [0.717, 1.165) is 29.8 Å². The smallest absolute Gasteiger partial charge is 0.149 e. The van der Waals surface area contributed by atoms with Crippen molar-refractivity contribution in [1.82, 2.24) is 4.98 Å². The maximum Gasteiger partial charge on any atom is 0.149 e. The Kier molecular flexibility index (Phi) is 2.96. The lowest BCUT2D eigenvalue weighted by atomic mass is 10.0. The molecule has 0 fully saturated rings. The van der Waals surface area contributed by atoms with E-state index in [9.17, 15) is 8.78 Å². The Hall–Kier alpha value is -1.71. The normalized spacial score (nSPS) is 10.9. The first kappa shape index (κ1) is 11.8. The molecule has 2 rings (SSSR count). The fourth-order valence-corrected chi connectivity index (χ4v) is 2.16. The van der Waals surface area contributed by atoms with E-state index >= 15 is 0 Å². The van der Waals surface area contributed by atoms with Gasteiger partial charge in [-0.2, -0.15) is 0 Å². The Labute approximate surface area is 98.7 Å². The van der Waals surface area contributed by atoms with Crippen LogP contribution < -0.4 is 5.32 Å². The van der Waals surface area contributed by atoms with Gasteiger partial charge in [-0.25, -0.2) is 13.8 Å². The highest BCUT2D eigenvalue weighted by Gasteiger charge is 2.16. The van der Waals surface area contributed by atoms with Gasteiger partial charge in [-0.05, 0) is 31.0 Å². The van der Waals surface area contributed by atoms with Crippen molar-refractivity contribution in [3.05, 3.63) is 35.0 Å². The van der Waals surface area contributed by atoms with Crippen LogP contribution >= 0.6 is 0 Å². The molecule has 90 valence electrons. The standard InChI is InChI=1S/C13H14F2N2/c1-4-8-7(2)17-13-10(15)6-5-9(14)11(13)12(8)16-3/h5-6H,4H2,1-3H3,(H,16,17). The van der Waals surface area contributed by atoms with Crippen molar-refractivity contribution in [3.8, 4) is 0 Å². The van der Waals surface area contributed by atoms with Crippen molar-refractivity contribution >= 4 is 16.6 Å². The zero-order valence-corrected chi connectivity index (χ0v) is 10.1. The van der Waals surface area contributed by atoms with Crippen LogP contribution in [-0.4, -0.2) is 12.0 Å². The minimum Gasteiger partial charge on any atom is -0.387 e. The van der Waals surface area contributed by atoms with Gasteiger partial charge in [-0.15, -0.1) is 0 Å². The minimum absolute atomic E-state index is 0.0871. The lowest BCUT2D eigenvalue weighted by Gasteiger charge is -2.14. The molecule has 2 aromatic rings. The van der Waals surface area contributed by atoms with Crippen molar-refractivity contribution in [2.45, 2.75) is 20.3 Å². The summed E-state index contributed by atoms with van der Waals surface area (Å²) in [5, 5.41) is 3.18. The maximum absolute atomic E-state index is 13.8. The molecular formula is C13H14F2N2. The summed E-state index contributed by atoms with van der Waals surface area (Å²) < 4.78 is 27.5. The predicted molar refractivity (Wildman–Crippen MR) is 65.3 cm³/mol. The summed E-state index contributed by atoms with van der Waals surface area (Å²) in [5.41, 5.74) is 2.37. The SMILES string of the molecule is CCc1c(C)nc2c(F)ccc(F)c2c1NC. The van der Waals surface area contributed by atoms with E-state index in [-0.39, 0.29) is 10.9 Å². The molecule has 1 aromatic carbocycles. The quantitative estimate of drug-likeness (QED) is 0.864. The number of halogens is 2. The van der Waals surface area contributed by atoms with Gasteiger partial charge in [-0.1, -0.05) is 6.92 Å². The summed E-state index contributed by atoms with van der Waals surface area (Å²) in [6.07, 6.45) is 0.723. The number of hydrogen-bond acceptors (Lipinski definition) is 2. The molecule has 0 radical (unpaired) electrons. The first-order valence-corrected chi connectivity index (χ1v) is 5.55. The van der Waals surface area contributed by atoms with E-state index in [1.807, 2.05) is 13.8 Å². The summed E-state index contributed by atoms with van der Waals surface area (Å²) in [6, 6.07) is 2.24. The fraction of sp³-hybridized carbons (Fsp3) is 0.308. The maximum atomic E-state index is 13.8. The number of aryl methyl sites for hydroxylation is 1. The molecule has 0 aliphatic heterocycles. The third kappa shape index (κ3) is 1.73. The van der Waals surface area contributed by atoms with Crippen molar-refractivity contribution in [1.29, 1.82) is 0 Å². The zero-order valence-electron chi connectivity index (χ0n) is 10.1. The van der Waals surface area contributed by atoms with Crippen LogP contribution in [0.15, 0.2) is 12.1 Å². The molecule has 0 atom stereocenters. The fourth-order valence-electron chi connectivity index (χ4n) is 2.16. The average Bonchev–Trinajstić information content (AvgIpc) is 2.32. The predicted octanol–water partition coefficient (Wildman–Crippen LogP) is 3.43. The highest BCUT2D eigenvalue weighted by Crippen LogP contribution is 2.31. The average molecular weight is 236 g/mol. The van der Waals surface area contributed by atoms with E-state index < -0.39 is 11.6 Å². The topological polar surface area (TPSA) is 24.9 Å². The van der Waals surface area contributed by atoms with Crippen LogP contribution in [0.4, 0.5) is 14.5 Å². The van der Waals surface area contributed by atoms with Crippen molar-refractivity contribution in [2.75, 3.05) is 12.4 Å². The van der Waals surface area contributed by atoms with Gasteiger partial charge in [0.25, 0.3) is 0 Å². The van der Waals surface area contributed by atoms with E-state index in [2.05, 4.69) is 10.3 Å². The number of nitrogens with zero attached hydrogens (tertiary/aromatic N) is 1. The third-order valence-corrected chi connectivity index (χ3v) is 2.95. The molecule has 4 heteroatoms. The molecule has 17 heavy (non-hydrogen) atoms. The monoisotopic (exact) mass is 236 g/mol. The molecule has 0 saturated heterocycles. The van der Waals surface area contributed by atoms with Crippen molar-refractivity contribution in [3.63, 3.8) is 0 Å². The van der Waals surface area contributed by atoms with Crippen LogP contribution in [-0.2, 0) is 6.42 Å². The molecule has 2 nitrogen and oxygen atoms in total. The van der Waals surface area contributed by atoms with Gasteiger partial charge in [0.15, 0.2) is 0 Å². The number of aromatic nitrogens is 1. The molecule has 0 amide bonds. The van der Waals surface area contributed by atoms with Gasteiger partial charge in [-0.3, -0.25) is 0 Å². The van der Waals surface area contributed by atoms with Crippen LogP contribution in [0.5, 0.6) is 0 Å². The van der Waals surface area contributed by atoms with Crippen LogP contribution in [0.25, 0.3) is 10.9 Å². The first-order chi connectivity index (χ1) is 8.10. The number of rotatable bonds is 2. The number of pyridine rings is 1. The number of fused-ring (bicyclic) bond motifs is 1. The molecule has 0 unspecified atom stereocenters. The number of benzene rings is 1. The molecule has 0 spiro atoms. The molecule has 1 N–H and O–H groups in total. The van der Waals surface area contributed by atoms with E-state index in [1.165, 1.54) is 0 Å². The summed E-state index contributed by atoms with van der Waals surface area (Å²) in [5.74, 6) is -0.948. The molecule has 1 heterocycles. The molecule has 0 bridgehead atoms. The summed E-state index contributed by atoms with van der Waals surface area (Å²) in [7, 11) is 1.71. The van der Waals surface area contributed by atoms with Gasteiger partial charge >= 0.3 is 0 Å². The lowest BCUT2D eigenvalue weighted by Crippen LogP contribution is -2.03. The highest BCUT2D eigenvalue weighted by atomic mass is 19.1. The molecule has 1 aromatic heterocycles. The van der Waals surface area contributed by atoms with Crippen LogP contribution in [0.1, 0.15) is 18.2 Å². The Morgan fingerprint density at radius 3 is 2.47 bits per heavy atom. The van der Waals surface area contributed by atoms with E-state index in [4.69, 9.17) is 0 Å². The molecular weight excluding hydrogens is 222 g/mol. The second-order valence-corrected chi connectivity index (χ2v) is 3.91. The second kappa shape index (κ2) is 4.28. The van der Waals surface area contributed by atoms with Gasteiger partial charge in [0.1, 0.15) is 17.2 Å². The number of nitrogens with one attached hydrogen (secondary N) is 1. The Morgan fingerprint density at radius 1 is 1.24 bits per heavy atom. The van der Waals surface area contributed by atoms with Gasteiger partial charge in [0, 0.05) is 12.7 Å². The number of hydrogen-bond donors (Lipinski definition) is 1. The van der Waals surface area contributed by atoms with Crippen LogP contribution in [0.2, 0.25) is 0 Å². The molecule has 0 aliphatic rings. The summed E-state index contributed by atoms with van der Waals surface area (Å²) in [6.45, 7) is 3.78. The Bertz CT molecular complexity index is 579. The van der Waals surface area contributed by atoms with E-state index in [1.54, 1.807) is 7.05 Å². The Morgan fingerprint density at radius 2 is 1.88 bits per heavy atom. The lowest BCUT2D eigenvalue weighted by molar-refractivity contribution is 0.615. The first-order valence-electron chi connectivity index (χ1n) is 5.55. The molecule has 0 aliphatic carbocycles. The van der Waals surface area contributed by atoms with E-state index in [0.29, 0.717) is 5.69 Å². The van der Waals surface area contributed by atoms with Crippen molar-refractivity contribution < 1.29 is 8.78 Å². The highest BCUT2D eigenvalue weighted by molar-refractivity contribution is 5.94. The second-order valence-electron chi connectivity index (χ2n) is 3.91. The Balaban J connectivity index is 2.98. The zero-order chi connectivity index (χ0) is 12.6. The minimum atomic E-state index is -0.497. The summed E-state index contributed by atoms with van der Waals surface area (Å²) >= 11 is 0. The van der Waals surface area contributed by atoms with Crippen LogP contribution in [0, 0.1) is 18.6 Å². The van der Waals surface area contributed by atoms with Gasteiger partial charge in [0.05, 0.1) is 11.1 Å². The molecule has 0 saturated carbocycles. The number of anilines is 1. The summed E-state index contributed by atoms with van der Waals surface area (Å²) in [4.78, 5) is 4.16. The van der Waals surface area contributed by atoms with Gasteiger partial charge < -0.3 is 5.32 Å². The van der Waals surface area contributed by atoms with Crippen molar-refractivity contribution in [2.24, 2.45) is 0 Å². The third-order valence-electron chi connectivity index (χ3n) is 2.95.